The van der Waals surface area contributed by atoms with E-state index >= 15 is 0 Å². The fourth-order valence-corrected chi connectivity index (χ4v) is 1.94. The van der Waals surface area contributed by atoms with Gasteiger partial charge in [0.15, 0.2) is 0 Å². The third-order valence-electron chi connectivity index (χ3n) is 1.91. The lowest BCUT2D eigenvalue weighted by Gasteiger charge is -1.97. The van der Waals surface area contributed by atoms with Gasteiger partial charge >= 0.3 is 5.97 Å². The molecule has 4 nitrogen and oxygen atoms in total. The number of hydrogen-bond donors (Lipinski definition) is 1. The Bertz CT molecular complexity index is 493. The highest BCUT2D eigenvalue weighted by atomic mass is 79.9. The van der Waals surface area contributed by atoms with Crippen LogP contribution in [0.25, 0.3) is 5.52 Å². The lowest BCUT2D eigenvalue weighted by atomic mass is 10.2. The van der Waals surface area contributed by atoms with Gasteiger partial charge in [-0.1, -0.05) is 0 Å². The molecule has 2 heterocycles. The summed E-state index contributed by atoms with van der Waals surface area (Å²) in [5.41, 5.74) is 1.53. The van der Waals surface area contributed by atoms with Crippen LogP contribution in [-0.4, -0.2) is 20.7 Å². The number of aromatic nitrogens is 2. The Morgan fingerprint density at radius 1 is 1.64 bits per heavy atom. The number of aliphatic carboxylic acids is 1. The number of carbonyl (C=O) groups is 1. The molecule has 0 saturated carbocycles. The summed E-state index contributed by atoms with van der Waals surface area (Å²) in [5.74, 6) is -0.851. The fraction of sp³-hybridized carbons (Fsp3) is 0.111. The predicted molar refractivity (Wildman–Crippen MR) is 54.2 cm³/mol. The first-order valence-corrected chi connectivity index (χ1v) is 4.80. The molecule has 0 saturated heterocycles. The van der Waals surface area contributed by atoms with Crippen molar-refractivity contribution in [1.82, 2.24) is 9.61 Å². The second-order valence-corrected chi connectivity index (χ2v) is 3.74. The van der Waals surface area contributed by atoms with Crippen LogP contribution in [0, 0.1) is 0 Å². The van der Waals surface area contributed by atoms with Gasteiger partial charge in [-0.25, -0.2) is 4.52 Å². The van der Waals surface area contributed by atoms with Gasteiger partial charge in [0.25, 0.3) is 0 Å². The third-order valence-corrected chi connectivity index (χ3v) is 2.55. The molecule has 2 aromatic heterocycles. The summed E-state index contributed by atoms with van der Waals surface area (Å²) in [6.45, 7) is 0. The topological polar surface area (TPSA) is 54.6 Å². The summed E-state index contributed by atoms with van der Waals surface area (Å²) in [5, 5.41) is 12.7. The number of pyridine rings is 1. The Morgan fingerprint density at radius 3 is 3.14 bits per heavy atom. The molecule has 0 atom stereocenters. The van der Waals surface area contributed by atoms with Gasteiger partial charge in [0.05, 0.1) is 18.1 Å². The average Bonchev–Trinajstić information content (AvgIpc) is 2.49. The number of nitrogens with zero attached hydrogens (tertiary/aromatic N) is 2. The van der Waals surface area contributed by atoms with E-state index in [1.165, 1.54) is 0 Å². The Hall–Kier alpha value is -1.36. The lowest BCUT2D eigenvalue weighted by Crippen LogP contribution is -1.99. The Morgan fingerprint density at radius 2 is 2.43 bits per heavy atom. The second-order valence-electron chi connectivity index (χ2n) is 2.89. The number of rotatable bonds is 2. The number of hydrogen-bond acceptors (Lipinski definition) is 2. The minimum absolute atomic E-state index is 0.00782. The van der Waals surface area contributed by atoms with Gasteiger partial charge in [0.2, 0.25) is 0 Å². The van der Waals surface area contributed by atoms with E-state index in [1.54, 1.807) is 16.9 Å². The van der Waals surface area contributed by atoms with Crippen LogP contribution in [0.1, 0.15) is 5.56 Å². The van der Waals surface area contributed by atoms with Gasteiger partial charge < -0.3 is 5.11 Å². The first-order valence-electron chi connectivity index (χ1n) is 4.01. The molecule has 0 aliphatic heterocycles. The molecule has 0 bridgehead atoms. The van der Waals surface area contributed by atoms with E-state index < -0.39 is 5.97 Å². The third kappa shape index (κ3) is 1.50. The van der Waals surface area contributed by atoms with Crippen LogP contribution >= 0.6 is 15.9 Å². The Balaban J connectivity index is 2.61. The van der Waals surface area contributed by atoms with Crippen LogP contribution in [0.4, 0.5) is 0 Å². The molecule has 0 fully saturated rings. The molecule has 0 amide bonds. The molecule has 0 radical (unpaired) electrons. The van der Waals surface area contributed by atoms with Crippen molar-refractivity contribution in [3.63, 3.8) is 0 Å². The first-order chi connectivity index (χ1) is 6.68. The first kappa shape index (κ1) is 9.21. The normalized spacial score (nSPS) is 10.6. The largest absolute Gasteiger partial charge is 0.481 e. The zero-order valence-corrected chi connectivity index (χ0v) is 8.73. The van der Waals surface area contributed by atoms with Gasteiger partial charge in [-0.2, -0.15) is 5.10 Å². The highest BCUT2D eigenvalue weighted by molar-refractivity contribution is 9.10. The molecular formula is C9H7BrN2O2. The van der Waals surface area contributed by atoms with Crippen LogP contribution in [0.3, 0.4) is 0 Å². The van der Waals surface area contributed by atoms with Crippen molar-refractivity contribution in [3.05, 3.63) is 34.6 Å². The molecule has 0 aromatic carbocycles. The van der Waals surface area contributed by atoms with Crippen LogP contribution < -0.4 is 0 Å². The van der Waals surface area contributed by atoms with E-state index in [-0.39, 0.29) is 6.42 Å². The van der Waals surface area contributed by atoms with Crippen LogP contribution in [0.15, 0.2) is 29.0 Å². The van der Waals surface area contributed by atoms with Gasteiger partial charge in [-0.05, 0) is 28.1 Å². The molecule has 0 aliphatic carbocycles. The van der Waals surface area contributed by atoms with E-state index in [9.17, 15) is 4.79 Å². The molecule has 2 rings (SSSR count). The van der Waals surface area contributed by atoms with E-state index in [1.807, 2.05) is 12.1 Å². The molecule has 14 heavy (non-hydrogen) atoms. The molecule has 0 unspecified atom stereocenters. The van der Waals surface area contributed by atoms with Gasteiger partial charge in [-0.3, -0.25) is 4.79 Å². The molecule has 5 heteroatoms. The number of fused-ring (bicyclic) bond motifs is 1. The SMILES string of the molecule is O=C(O)Cc1cnn2cccc(Br)c12. The van der Waals surface area contributed by atoms with E-state index in [0.717, 1.165) is 9.99 Å². The Kier molecular flexibility index (Phi) is 2.25. The standard InChI is InChI=1S/C9H7BrN2O2/c10-7-2-1-3-12-9(7)6(5-11-12)4-8(13)14/h1-3,5H,4H2,(H,13,14). The van der Waals surface area contributed by atoms with Gasteiger partial charge in [0.1, 0.15) is 0 Å². The smallest absolute Gasteiger partial charge is 0.307 e. The van der Waals surface area contributed by atoms with Crippen LogP contribution in [0.2, 0.25) is 0 Å². The zero-order chi connectivity index (χ0) is 10.1. The molecule has 2 aromatic rings. The number of carboxylic acid groups (broad SMARTS) is 1. The summed E-state index contributed by atoms with van der Waals surface area (Å²) in [6, 6.07) is 3.71. The number of halogens is 1. The quantitative estimate of drug-likeness (QED) is 0.888. The maximum Gasteiger partial charge on any atom is 0.307 e. The predicted octanol–water partition coefficient (Wildman–Crippen LogP) is 1.72. The minimum atomic E-state index is -0.851. The molecule has 72 valence electrons. The van der Waals surface area contributed by atoms with Crippen molar-refractivity contribution >= 4 is 27.4 Å². The maximum absolute atomic E-state index is 10.6. The Labute approximate surface area is 88.3 Å². The molecule has 0 aliphatic rings. The summed E-state index contributed by atoms with van der Waals surface area (Å²) in [7, 11) is 0. The van der Waals surface area contributed by atoms with Crippen LogP contribution in [-0.2, 0) is 11.2 Å². The van der Waals surface area contributed by atoms with Crippen molar-refractivity contribution in [2.75, 3.05) is 0 Å². The fourth-order valence-electron chi connectivity index (χ4n) is 1.35. The van der Waals surface area contributed by atoms with Crippen molar-refractivity contribution in [2.24, 2.45) is 0 Å². The summed E-state index contributed by atoms with van der Waals surface area (Å²) in [6.07, 6.45) is 3.35. The molecular weight excluding hydrogens is 248 g/mol. The van der Waals surface area contributed by atoms with E-state index in [4.69, 9.17) is 5.11 Å². The second kappa shape index (κ2) is 3.42. The molecule has 1 N–H and O–H groups in total. The zero-order valence-electron chi connectivity index (χ0n) is 7.14. The maximum atomic E-state index is 10.6. The van der Waals surface area contributed by atoms with E-state index in [0.29, 0.717) is 5.56 Å². The minimum Gasteiger partial charge on any atom is -0.481 e. The van der Waals surface area contributed by atoms with Gasteiger partial charge in [-0.15, -0.1) is 0 Å². The lowest BCUT2D eigenvalue weighted by molar-refractivity contribution is -0.136. The summed E-state index contributed by atoms with van der Waals surface area (Å²) < 4.78 is 2.51. The van der Waals surface area contributed by atoms with E-state index in [2.05, 4.69) is 21.0 Å². The molecule has 0 spiro atoms. The monoisotopic (exact) mass is 254 g/mol. The average molecular weight is 255 g/mol. The highest BCUT2D eigenvalue weighted by Crippen LogP contribution is 2.21. The van der Waals surface area contributed by atoms with Crippen molar-refractivity contribution in [1.29, 1.82) is 0 Å². The van der Waals surface area contributed by atoms with Crippen molar-refractivity contribution < 1.29 is 9.90 Å². The van der Waals surface area contributed by atoms with Crippen molar-refractivity contribution in [2.45, 2.75) is 6.42 Å². The summed E-state index contributed by atoms with van der Waals surface area (Å²) >= 11 is 3.36. The van der Waals surface area contributed by atoms with Crippen LogP contribution in [0.5, 0.6) is 0 Å². The van der Waals surface area contributed by atoms with Gasteiger partial charge in [0, 0.05) is 16.2 Å². The number of carboxylic acids is 1. The summed E-state index contributed by atoms with van der Waals surface area (Å²) in [4.78, 5) is 10.6. The highest BCUT2D eigenvalue weighted by Gasteiger charge is 2.09. The van der Waals surface area contributed by atoms with Crippen molar-refractivity contribution in [3.8, 4) is 0 Å².